The van der Waals surface area contributed by atoms with Crippen LogP contribution >= 0.6 is 0 Å². The van der Waals surface area contributed by atoms with Crippen molar-refractivity contribution in [2.45, 2.75) is 13.0 Å². The van der Waals surface area contributed by atoms with Crippen LogP contribution in [0.15, 0.2) is 60.7 Å². The van der Waals surface area contributed by atoms with Crippen molar-refractivity contribution in [1.29, 1.82) is 0 Å². The van der Waals surface area contributed by atoms with Gasteiger partial charge in [-0.3, -0.25) is 0 Å². The van der Waals surface area contributed by atoms with Crippen LogP contribution in [0.3, 0.4) is 0 Å². The molecule has 0 saturated heterocycles. The van der Waals surface area contributed by atoms with Crippen LogP contribution in [0.5, 0.6) is 0 Å². The molecule has 2 aromatic carbocycles. The van der Waals surface area contributed by atoms with E-state index >= 15 is 0 Å². The summed E-state index contributed by atoms with van der Waals surface area (Å²) in [6, 6.07) is 21.1. The van der Waals surface area contributed by atoms with Crippen LogP contribution in [0.25, 0.3) is 0 Å². The molecule has 0 saturated carbocycles. The Morgan fingerprint density at radius 3 is 1.93 bits per heavy atom. The van der Waals surface area contributed by atoms with Gasteiger partial charge in [-0.1, -0.05) is 48.5 Å². The summed E-state index contributed by atoms with van der Waals surface area (Å²) in [5.74, 6) is 0. The highest BCUT2D eigenvalue weighted by atomic mass is 14.8. The average molecular weight is 196 g/mol. The van der Waals surface area contributed by atoms with Gasteiger partial charge in [-0.2, -0.15) is 0 Å². The number of anilines is 1. The SMILES string of the molecule is C[11CH](Nc1ccccc1)c1ccccc1. The Morgan fingerprint density at radius 2 is 1.33 bits per heavy atom. The maximum Gasteiger partial charge on any atom is 0.0485 e. The Bertz CT molecular complexity index is 394. The molecule has 76 valence electrons. The van der Waals surface area contributed by atoms with Gasteiger partial charge < -0.3 is 5.32 Å². The standard InChI is InChI=1S/C14H15N/c1-12(13-8-4-2-5-9-13)15-14-10-6-3-7-11-14/h2-12,15H,1H3/i12-1. The molecule has 1 heteroatoms. The summed E-state index contributed by atoms with van der Waals surface area (Å²) in [4.78, 5) is 0. The van der Waals surface area contributed by atoms with E-state index in [9.17, 15) is 0 Å². The molecular formula is C14H15N. The molecule has 0 aromatic heterocycles. The fourth-order valence-corrected chi connectivity index (χ4v) is 1.61. The number of hydrogen-bond donors (Lipinski definition) is 1. The van der Waals surface area contributed by atoms with Crippen LogP contribution in [0, 0.1) is 0 Å². The maximum absolute atomic E-state index is 3.46. The highest BCUT2D eigenvalue weighted by Crippen LogP contribution is 2.17. The Morgan fingerprint density at radius 1 is 0.800 bits per heavy atom. The van der Waals surface area contributed by atoms with Crippen molar-refractivity contribution in [3.8, 4) is 0 Å². The summed E-state index contributed by atoms with van der Waals surface area (Å²) in [7, 11) is 0. The summed E-state index contributed by atoms with van der Waals surface area (Å²) in [5, 5.41) is 3.46. The number of nitrogens with one attached hydrogen (secondary N) is 1. The van der Waals surface area contributed by atoms with Crippen molar-refractivity contribution in [2.75, 3.05) is 5.32 Å². The van der Waals surface area contributed by atoms with Crippen molar-refractivity contribution < 1.29 is 0 Å². The minimum Gasteiger partial charge on any atom is -0.379 e. The van der Waals surface area contributed by atoms with E-state index in [0.29, 0.717) is 6.04 Å². The monoisotopic (exact) mass is 196 g/mol. The van der Waals surface area contributed by atoms with Crippen molar-refractivity contribution in [1.82, 2.24) is 0 Å². The third kappa shape index (κ3) is 2.59. The molecular weight excluding hydrogens is 181 g/mol. The fraction of sp³-hybridized carbons (Fsp3) is 0.143. The second-order valence-electron chi connectivity index (χ2n) is 3.64. The van der Waals surface area contributed by atoms with Crippen molar-refractivity contribution in [3.63, 3.8) is 0 Å². The largest absolute Gasteiger partial charge is 0.379 e. The van der Waals surface area contributed by atoms with E-state index in [1.54, 1.807) is 0 Å². The van der Waals surface area contributed by atoms with Gasteiger partial charge in [-0.25, -0.2) is 0 Å². The predicted molar refractivity (Wildman–Crippen MR) is 64.9 cm³/mol. The normalized spacial score (nSPS) is 12.1. The van der Waals surface area contributed by atoms with Crippen LogP contribution in [0.1, 0.15) is 18.5 Å². The second kappa shape index (κ2) is 4.65. The van der Waals surface area contributed by atoms with Gasteiger partial charge in [0.25, 0.3) is 0 Å². The zero-order chi connectivity index (χ0) is 10.5. The third-order valence-corrected chi connectivity index (χ3v) is 2.46. The van der Waals surface area contributed by atoms with Crippen LogP contribution in [0.4, 0.5) is 5.69 Å². The maximum atomic E-state index is 3.46. The first kappa shape index (κ1) is 9.78. The lowest BCUT2D eigenvalue weighted by Crippen LogP contribution is -2.05. The van der Waals surface area contributed by atoms with Gasteiger partial charge in [0.2, 0.25) is 0 Å². The Balaban J connectivity index is 2.08. The highest BCUT2D eigenvalue weighted by Gasteiger charge is 2.02. The minimum atomic E-state index is 0.341. The molecule has 1 N–H and O–H groups in total. The van der Waals surface area contributed by atoms with Crippen molar-refractivity contribution in [3.05, 3.63) is 66.2 Å². The molecule has 2 aromatic rings. The summed E-state index contributed by atoms with van der Waals surface area (Å²) in [6.45, 7) is 2.17. The first-order valence-corrected chi connectivity index (χ1v) is 5.23. The molecule has 0 spiro atoms. The smallest absolute Gasteiger partial charge is 0.0485 e. The van der Waals surface area contributed by atoms with E-state index in [2.05, 4.69) is 48.6 Å². The van der Waals surface area contributed by atoms with E-state index in [-0.39, 0.29) is 0 Å². The number of rotatable bonds is 3. The van der Waals surface area contributed by atoms with Crippen LogP contribution in [-0.2, 0) is 0 Å². The van der Waals surface area contributed by atoms with Crippen molar-refractivity contribution in [2.24, 2.45) is 0 Å². The summed E-state index contributed by atoms with van der Waals surface area (Å²) < 4.78 is 0. The van der Waals surface area contributed by atoms with Gasteiger partial charge in [-0.15, -0.1) is 0 Å². The van der Waals surface area contributed by atoms with Crippen LogP contribution < -0.4 is 5.32 Å². The summed E-state index contributed by atoms with van der Waals surface area (Å²) in [5.41, 5.74) is 2.47. The molecule has 0 amide bonds. The van der Waals surface area contributed by atoms with E-state index in [1.165, 1.54) is 5.56 Å². The predicted octanol–water partition coefficient (Wildman–Crippen LogP) is 3.86. The molecule has 0 fully saturated rings. The minimum absolute atomic E-state index is 0.341. The second-order valence-corrected chi connectivity index (χ2v) is 3.64. The number of para-hydroxylation sites is 1. The first-order chi connectivity index (χ1) is 7.36. The molecule has 0 bridgehead atoms. The quantitative estimate of drug-likeness (QED) is 0.786. The molecule has 0 aliphatic heterocycles. The van der Waals surface area contributed by atoms with Gasteiger partial charge in [0.05, 0.1) is 0 Å². The molecule has 1 nitrogen and oxygen atoms in total. The van der Waals surface area contributed by atoms with Crippen LogP contribution in [-0.4, -0.2) is 0 Å². The van der Waals surface area contributed by atoms with Gasteiger partial charge in [0.15, 0.2) is 0 Å². The lowest BCUT2D eigenvalue weighted by molar-refractivity contribution is 0.885. The zero-order valence-corrected chi connectivity index (χ0v) is 8.85. The number of hydrogen-bond acceptors (Lipinski definition) is 1. The Kier molecular flexibility index (Phi) is 3.03. The first-order valence-electron chi connectivity index (χ1n) is 5.23. The molecule has 0 aliphatic carbocycles. The molecule has 1 unspecified atom stereocenters. The molecule has 0 heterocycles. The zero-order valence-electron chi connectivity index (χ0n) is 8.85. The van der Waals surface area contributed by atoms with Crippen molar-refractivity contribution >= 4 is 5.69 Å². The summed E-state index contributed by atoms with van der Waals surface area (Å²) in [6.07, 6.45) is 0. The highest BCUT2D eigenvalue weighted by molar-refractivity contribution is 5.44. The molecule has 0 radical (unpaired) electrons. The molecule has 2 rings (SSSR count). The molecule has 1 atom stereocenters. The van der Waals surface area contributed by atoms with Crippen LogP contribution in [0.2, 0.25) is 0 Å². The lowest BCUT2D eigenvalue weighted by Gasteiger charge is -2.15. The van der Waals surface area contributed by atoms with E-state index in [4.69, 9.17) is 0 Å². The molecule has 0 aliphatic rings. The lowest BCUT2D eigenvalue weighted by atomic mass is 9.70. The fourth-order valence-electron chi connectivity index (χ4n) is 1.61. The Labute approximate surface area is 90.8 Å². The summed E-state index contributed by atoms with van der Waals surface area (Å²) >= 11 is 0. The Hall–Kier alpha value is -1.76. The average Bonchev–Trinajstić information content (AvgIpc) is 2.31. The topological polar surface area (TPSA) is 12.0 Å². The third-order valence-electron chi connectivity index (χ3n) is 2.46. The van der Waals surface area contributed by atoms with E-state index in [0.717, 1.165) is 5.69 Å². The molecule has 15 heavy (non-hydrogen) atoms. The van der Waals surface area contributed by atoms with Gasteiger partial charge in [-0.05, 0) is 24.6 Å². The number of benzene rings is 2. The van der Waals surface area contributed by atoms with Gasteiger partial charge in [0.1, 0.15) is 0 Å². The van der Waals surface area contributed by atoms with E-state index < -0.39 is 0 Å². The van der Waals surface area contributed by atoms with Gasteiger partial charge in [0, 0.05) is 11.7 Å². The van der Waals surface area contributed by atoms with Gasteiger partial charge >= 0.3 is 0 Å². The van der Waals surface area contributed by atoms with E-state index in [1.807, 2.05) is 24.3 Å².